The van der Waals surface area contributed by atoms with E-state index in [1.54, 1.807) is 0 Å². The highest BCUT2D eigenvalue weighted by Crippen LogP contribution is 1.91. The molecule has 0 rings (SSSR count). The summed E-state index contributed by atoms with van der Waals surface area (Å²) in [5.41, 5.74) is 4.97. The van der Waals surface area contributed by atoms with Gasteiger partial charge in [-0.05, 0) is 12.8 Å². The number of allylic oxidation sites excluding steroid dienone is 2. The smallest absolute Gasteiger partial charge is 0.267 e. The van der Waals surface area contributed by atoms with Gasteiger partial charge in [0.2, 0.25) is 0 Å². The molecule has 62 valence electrons. The summed E-state index contributed by atoms with van der Waals surface area (Å²) in [6, 6.07) is 0. The third-order valence-electron chi connectivity index (χ3n) is 0.699. The van der Waals surface area contributed by atoms with Crippen molar-refractivity contribution < 1.29 is 4.79 Å². The van der Waals surface area contributed by atoms with Crippen molar-refractivity contribution >= 4 is 12.6 Å². The average Bonchev–Trinajstić information content (AvgIpc) is 2.03. The Kier molecular flexibility index (Phi) is 9.65. The van der Waals surface area contributed by atoms with E-state index in [4.69, 9.17) is 5.73 Å². The zero-order valence-corrected chi connectivity index (χ0v) is 7.00. The van der Waals surface area contributed by atoms with Gasteiger partial charge in [-0.25, -0.2) is 0 Å². The molecule has 0 radical (unpaired) electrons. The van der Waals surface area contributed by atoms with E-state index in [0.29, 0.717) is 0 Å². The van der Waals surface area contributed by atoms with Gasteiger partial charge in [0, 0.05) is 0 Å². The molecule has 11 heavy (non-hydrogen) atoms. The van der Waals surface area contributed by atoms with Crippen molar-refractivity contribution in [3.8, 4) is 0 Å². The van der Waals surface area contributed by atoms with Gasteiger partial charge in [0.05, 0.1) is 0 Å². The Morgan fingerprint density at radius 2 is 2.00 bits per heavy atom. The molecule has 2 N–H and O–H groups in total. The van der Waals surface area contributed by atoms with E-state index in [2.05, 4.69) is 18.3 Å². The van der Waals surface area contributed by atoms with E-state index in [-0.39, 0.29) is 5.70 Å². The molecule has 0 aromatic carbocycles. The number of hydrogen-bond donors (Lipinski definition) is 1. The van der Waals surface area contributed by atoms with Crippen molar-refractivity contribution in [3.05, 3.63) is 24.4 Å². The number of nitrogens with two attached hydrogens (primary N) is 1. The first-order valence-corrected chi connectivity index (χ1v) is 3.31. The summed E-state index contributed by atoms with van der Waals surface area (Å²) in [6.07, 6.45) is 2.82. The van der Waals surface area contributed by atoms with Crippen LogP contribution in [0.1, 0.15) is 13.8 Å². The van der Waals surface area contributed by atoms with E-state index in [1.165, 1.54) is 12.2 Å². The summed E-state index contributed by atoms with van der Waals surface area (Å²) in [5.74, 6) is -0.593. The maximum absolute atomic E-state index is 10.3. The number of aliphatic imine (C=N–C) groups is 1. The van der Waals surface area contributed by atoms with Crippen molar-refractivity contribution in [1.82, 2.24) is 0 Å². The van der Waals surface area contributed by atoms with Crippen LogP contribution in [0.4, 0.5) is 0 Å². The van der Waals surface area contributed by atoms with E-state index < -0.39 is 5.91 Å². The molecule has 0 saturated heterocycles. The minimum absolute atomic E-state index is 0.130. The predicted octanol–water partition coefficient (Wildman–Crippen LogP) is 1.27. The minimum Gasteiger partial charge on any atom is -0.364 e. The topological polar surface area (TPSA) is 55.4 Å². The van der Waals surface area contributed by atoms with E-state index in [1.807, 2.05) is 13.8 Å². The van der Waals surface area contributed by atoms with Gasteiger partial charge < -0.3 is 5.73 Å². The molecular formula is C8H14N2O. The Morgan fingerprint density at radius 1 is 1.55 bits per heavy atom. The largest absolute Gasteiger partial charge is 0.364 e. The molecule has 0 unspecified atom stereocenters. The Labute approximate surface area is 67.3 Å². The van der Waals surface area contributed by atoms with Gasteiger partial charge >= 0.3 is 0 Å². The van der Waals surface area contributed by atoms with Gasteiger partial charge in [0.15, 0.2) is 0 Å². The highest BCUT2D eigenvalue weighted by Gasteiger charge is 1.96. The fourth-order valence-corrected chi connectivity index (χ4v) is 0.324. The van der Waals surface area contributed by atoms with Gasteiger partial charge in [-0.2, -0.15) is 0 Å². The van der Waals surface area contributed by atoms with Crippen LogP contribution in [0, 0.1) is 0 Å². The molecule has 0 aliphatic rings. The zero-order chi connectivity index (χ0) is 9.28. The van der Waals surface area contributed by atoms with Crippen molar-refractivity contribution in [1.29, 1.82) is 0 Å². The normalized spacial score (nSPS) is 9.09. The predicted molar refractivity (Wildman–Crippen MR) is 48.4 cm³/mol. The van der Waals surface area contributed by atoms with Crippen molar-refractivity contribution in [2.24, 2.45) is 10.7 Å². The quantitative estimate of drug-likeness (QED) is 0.371. The molecule has 3 heteroatoms. The zero-order valence-electron chi connectivity index (χ0n) is 7.00. The molecule has 0 aromatic heterocycles. The lowest BCUT2D eigenvalue weighted by atomic mass is 10.4. The van der Waals surface area contributed by atoms with Gasteiger partial charge in [-0.15, -0.1) is 0 Å². The number of amides is 1. The maximum Gasteiger partial charge on any atom is 0.267 e. The fraction of sp³-hybridized carbons (Fsp3) is 0.250. The molecule has 0 heterocycles. The van der Waals surface area contributed by atoms with Crippen molar-refractivity contribution in [3.63, 3.8) is 0 Å². The van der Waals surface area contributed by atoms with Crippen LogP contribution in [-0.2, 0) is 4.79 Å². The van der Waals surface area contributed by atoms with Gasteiger partial charge in [-0.1, -0.05) is 26.5 Å². The summed E-state index contributed by atoms with van der Waals surface area (Å²) < 4.78 is 0. The average molecular weight is 154 g/mol. The number of nitrogens with zero attached hydrogens (tertiary/aromatic N) is 1. The second-order valence-electron chi connectivity index (χ2n) is 1.31. The lowest BCUT2D eigenvalue weighted by Gasteiger charge is -1.88. The summed E-state index contributed by atoms with van der Waals surface area (Å²) in [7, 11) is 0. The molecule has 3 nitrogen and oxygen atoms in total. The molecule has 0 aromatic rings. The Morgan fingerprint density at radius 3 is 2.09 bits per heavy atom. The van der Waals surface area contributed by atoms with Crippen LogP contribution in [0.25, 0.3) is 0 Å². The fourth-order valence-electron chi connectivity index (χ4n) is 0.324. The molecular weight excluding hydrogens is 140 g/mol. The van der Waals surface area contributed by atoms with E-state index >= 15 is 0 Å². The van der Waals surface area contributed by atoms with Crippen LogP contribution in [0.5, 0.6) is 0 Å². The van der Waals surface area contributed by atoms with Crippen LogP contribution < -0.4 is 5.73 Å². The summed E-state index contributed by atoms with van der Waals surface area (Å²) in [4.78, 5) is 13.6. The van der Waals surface area contributed by atoms with Crippen molar-refractivity contribution in [2.75, 3.05) is 0 Å². The monoisotopic (exact) mass is 154 g/mol. The first-order valence-electron chi connectivity index (χ1n) is 3.31. The van der Waals surface area contributed by atoms with Crippen LogP contribution in [-0.4, -0.2) is 12.6 Å². The minimum atomic E-state index is -0.593. The number of primary amides is 1. The highest BCUT2D eigenvalue weighted by molar-refractivity contribution is 5.92. The lowest BCUT2D eigenvalue weighted by Crippen LogP contribution is -2.11. The summed E-state index contributed by atoms with van der Waals surface area (Å²) in [6.45, 7) is 10.5. The molecule has 1 amide bonds. The number of rotatable bonds is 3. The molecule has 0 atom stereocenters. The second kappa shape index (κ2) is 8.62. The van der Waals surface area contributed by atoms with Crippen LogP contribution >= 0.6 is 0 Å². The number of hydrogen-bond acceptors (Lipinski definition) is 2. The lowest BCUT2D eigenvalue weighted by molar-refractivity contribution is -0.114. The molecule has 0 bridgehead atoms. The third-order valence-corrected chi connectivity index (χ3v) is 0.699. The maximum atomic E-state index is 10.3. The van der Waals surface area contributed by atoms with E-state index in [9.17, 15) is 4.79 Å². The van der Waals surface area contributed by atoms with Crippen LogP contribution in [0.15, 0.2) is 29.4 Å². The van der Waals surface area contributed by atoms with Gasteiger partial charge in [0.1, 0.15) is 5.70 Å². The number of carbonyl (C=O) groups is 1. The van der Waals surface area contributed by atoms with Crippen LogP contribution in [0.2, 0.25) is 0 Å². The summed E-state index contributed by atoms with van der Waals surface area (Å²) in [5, 5.41) is 0. The Hall–Kier alpha value is -1.38. The first kappa shape index (κ1) is 12.3. The second-order valence-corrected chi connectivity index (χ2v) is 1.31. The highest BCUT2D eigenvalue weighted by atomic mass is 16.1. The molecule has 0 aliphatic heterocycles. The first-order chi connectivity index (χ1) is 5.22. The van der Waals surface area contributed by atoms with Crippen LogP contribution in [0.3, 0.4) is 0 Å². The number of carbonyl (C=O) groups excluding carboxylic acids is 1. The molecule has 0 saturated carbocycles. The molecule has 0 spiro atoms. The molecule has 0 aliphatic carbocycles. The Balaban J connectivity index is 0. The van der Waals surface area contributed by atoms with Gasteiger partial charge in [0.25, 0.3) is 5.91 Å². The summed E-state index contributed by atoms with van der Waals surface area (Å²) >= 11 is 0. The third kappa shape index (κ3) is 6.51. The SMILES string of the molecule is C=C/C=C(\N=C)C(N)=O.CC. The van der Waals surface area contributed by atoms with Gasteiger partial charge in [-0.3, -0.25) is 9.79 Å². The molecule has 0 fully saturated rings. The van der Waals surface area contributed by atoms with E-state index in [0.717, 1.165) is 0 Å². The standard InChI is InChI=1S/C6H8N2O.C2H6/c1-3-4-5(8-2)6(7)9;1-2/h3-4H,1-2H2,(H2,7,9);1-2H3/b5-4-;. The Bertz CT molecular complexity index is 171. The van der Waals surface area contributed by atoms with Crippen molar-refractivity contribution in [2.45, 2.75) is 13.8 Å².